The Morgan fingerprint density at radius 1 is 0.632 bits per heavy atom. The van der Waals surface area contributed by atoms with E-state index < -0.39 is 5.60 Å². The van der Waals surface area contributed by atoms with E-state index in [0.717, 1.165) is 55.7 Å². The van der Waals surface area contributed by atoms with Gasteiger partial charge in [0.1, 0.15) is 17.2 Å². The highest BCUT2D eigenvalue weighted by atomic mass is 16.5. The summed E-state index contributed by atoms with van der Waals surface area (Å²) < 4.78 is 17.9. The van der Waals surface area contributed by atoms with Crippen molar-refractivity contribution in [3.8, 4) is 28.4 Å². The molecule has 0 fully saturated rings. The molecule has 0 aromatic heterocycles. The number of methoxy groups -OCH3 is 2. The zero-order valence-electron chi connectivity index (χ0n) is 21.0. The fraction of sp³-hybridized carbons (Fsp3) is 0.0882. The van der Waals surface area contributed by atoms with Crippen LogP contribution in [0.3, 0.4) is 0 Å². The Morgan fingerprint density at radius 2 is 1.18 bits per heavy atom. The second-order valence-corrected chi connectivity index (χ2v) is 9.54. The number of rotatable bonds is 4. The van der Waals surface area contributed by atoms with Crippen LogP contribution in [0, 0.1) is 0 Å². The molecule has 4 nitrogen and oxygen atoms in total. The molecule has 0 saturated carbocycles. The lowest BCUT2D eigenvalue weighted by Gasteiger charge is -2.37. The Morgan fingerprint density at radius 3 is 1.79 bits per heavy atom. The van der Waals surface area contributed by atoms with Crippen LogP contribution in [0.1, 0.15) is 32.6 Å². The summed E-state index contributed by atoms with van der Waals surface area (Å²) >= 11 is 0. The molecular weight excluding hydrogens is 472 g/mol. The third kappa shape index (κ3) is 3.07. The van der Waals surface area contributed by atoms with Crippen molar-refractivity contribution in [2.45, 2.75) is 5.60 Å². The molecule has 0 N–H and O–H groups in total. The summed E-state index contributed by atoms with van der Waals surface area (Å²) in [6.45, 7) is 0. The van der Waals surface area contributed by atoms with Gasteiger partial charge in [0.2, 0.25) is 0 Å². The predicted molar refractivity (Wildman–Crippen MR) is 149 cm³/mol. The van der Waals surface area contributed by atoms with Gasteiger partial charge in [-0.3, -0.25) is 4.79 Å². The Labute approximate surface area is 220 Å². The highest BCUT2D eigenvalue weighted by Crippen LogP contribution is 2.52. The lowest BCUT2D eigenvalue weighted by atomic mass is 9.82. The lowest BCUT2D eigenvalue weighted by Crippen LogP contribution is -2.34. The van der Waals surface area contributed by atoms with Crippen molar-refractivity contribution >= 4 is 22.6 Å². The summed E-state index contributed by atoms with van der Waals surface area (Å²) in [5.41, 5.74) is 5.19. The molecule has 5 aromatic carbocycles. The number of hydrogen-bond acceptors (Lipinski definition) is 4. The van der Waals surface area contributed by atoms with Crippen LogP contribution in [0.5, 0.6) is 17.2 Å². The summed E-state index contributed by atoms with van der Waals surface area (Å²) in [6, 6.07) is 31.9. The number of fused-ring (bicyclic) bond motifs is 8. The van der Waals surface area contributed by atoms with Crippen LogP contribution in [0.2, 0.25) is 0 Å². The molecule has 0 radical (unpaired) electrons. The second-order valence-electron chi connectivity index (χ2n) is 9.54. The van der Waals surface area contributed by atoms with E-state index in [1.807, 2.05) is 84.9 Å². The highest BCUT2D eigenvalue weighted by Gasteiger charge is 2.41. The van der Waals surface area contributed by atoms with E-state index in [4.69, 9.17) is 14.2 Å². The maximum atomic E-state index is 13.7. The molecule has 1 aliphatic heterocycles. The van der Waals surface area contributed by atoms with E-state index in [9.17, 15) is 4.79 Å². The molecule has 1 aliphatic carbocycles. The van der Waals surface area contributed by atoms with Crippen molar-refractivity contribution in [2.24, 2.45) is 0 Å². The minimum Gasteiger partial charge on any atom is -0.497 e. The summed E-state index contributed by atoms with van der Waals surface area (Å²) in [7, 11) is 3.31. The smallest absolute Gasteiger partial charge is 0.195 e. The molecule has 0 atom stereocenters. The summed E-state index contributed by atoms with van der Waals surface area (Å²) in [6.07, 6.45) is 4.12. The van der Waals surface area contributed by atoms with Gasteiger partial charge >= 0.3 is 0 Å². The first-order valence-corrected chi connectivity index (χ1v) is 12.5. The Kier molecular flexibility index (Phi) is 4.92. The van der Waals surface area contributed by atoms with Crippen LogP contribution in [-0.4, -0.2) is 20.0 Å². The molecule has 7 rings (SSSR count). The average Bonchev–Trinajstić information content (AvgIpc) is 3.29. The van der Waals surface area contributed by atoms with Crippen LogP contribution in [0.25, 0.3) is 28.0 Å². The minimum absolute atomic E-state index is 0.0345. The third-order valence-electron chi connectivity index (χ3n) is 7.66. The first-order valence-electron chi connectivity index (χ1n) is 12.5. The SMILES string of the molecule is COc1ccc(C2(c3ccc(OC)cc3)C=Cc3c4c(c5ccccc5c3O2)-c2ccccc2C4=O)cc1. The molecular formula is C34H24O4. The topological polar surface area (TPSA) is 44.8 Å². The van der Waals surface area contributed by atoms with Gasteiger partial charge in [-0.25, -0.2) is 0 Å². The van der Waals surface area contributed by atoms with Gasteiger partial charge in [0.15, 0.2) is 11.4 Å². The minimum atomic E-state index is -0.920. The fourth-order valence-corrected chi connectivity index (χ4v) is 5.80. The van der Waals surface area contributed by atoms with E-state index in [2.05, 4.69) is 24.3 Å². The lowest BCUT2D eigenvalue weighted by molar-refractivity contribution is 0.104. The Hall–Kier alpha value is -4.83. The third-order valence-corrected chi connectivity index (χ3v) is 7.66. The number of carbonyl (C=O) groups excluding carboxylic acids is 1. The molecule has 0 saturated heterocycles. The highest BCUT2D eigenvalue weighted by molar-refractivity contribution is 6.28. The first-order chi connectivity index (χ1) is 18.6. The van der Waals surface area contributed by atoms with Crippen LogP contribution in [0.4, 0.5) is 0 Å². The van der Waals surface area contributed by atoms with Crippen LogP contribution < -0.4 is 14.2 Å². The van der Waals surface area contributed by atoms with Crippen LogP contribution >= 0.6 is 0 Å². The van der Waals surface area contributed by atoms with Crippen molar-refractivity contribution in [3.05, 3.63) is 131 Å². The number of hydrogen-bond donors (Lipinski definition) is 0. The Balaban J connectivity index is 1.51. The average molecular weight is 497 g/mol. The zero-order valence-corrected chi connectivity index (χ0v) is 21.0. The number of carbonyl (C=O) groups is 1. The van der Waals surface area contributed by atoms with E-state index in [1.165, 1.54) is 0 Å². The molecule has 0 spiro atoms. The van der Waals surface area contributed by atoms with Gasteiger partial charge in [0.25, 0.3) is 0 Å². The van der Waals surface area contributed by atoms with Crippen molar-refractivity contribution in [1.29, 1.82) is 0 Å². The van der Waals surface area contributed by atoms with Crippen LogP contribution in [-0.2, 0) is 5.60 Å². The van der Waals surface area contributed by atoms with Gasteiger partial charge in [-0.05, 0) is 47.4 Å². The van der Waals surface area contributed by atoms with Gasteiger partial charge in [0, 0.05) is 38.8 Å². The molecule has 184 valence electrons. The number of ether oxygens (including phenoxy) is 3. The predicted octanol–water partition coefficient (Wildman–Crippen LogP) is 7.42. The number of benzene rings is 5. The molecule has 4 heteroatoms. The van der Waals surface area contributed by atoms with Crippen molar-refractivity contribution < 1.29 is 19.0 Å². The molecule has 0 unspecified atom stereocenters. The molecule has 1 heterocycles. The van der Waals surface area contributed by atoms with E-state index in [-0.39, 0.29) is 5.78 Å². The van der Waals surface area contributed by atoms with Gasteiger partial charge < -0.3 is 14.2 Å². The van der Waals surface area contributed by atoms with Crippen molar-refractivity contribution in [2.75, 3.05) is 14.2 Å². The Bertz CT molecular complexity index is 1710. The van der Waals surface area contributed by atoms with Crippen molar-refractivity contribution in [1.82, 2.24) is 0 Å². The summed E-state index contributed by atoms with van der Waals surface area (Å²) in [5, 5.41) is 1.98. The second kappa shape index (κ2) is 8.35. The number of ketones is 1. The van der Waals surface area contributed by atoms with E-state index >= 15 is 0 Å². The van der Waals surface area contributed by atoms with Gasteiger partial charge in [-0.15, -0.1) is 0 Å². The molecule has 38 heavy (non-hydrogen) atoms. The fourth-order valence-electron chi connectivity index (χ4n) is 5.80. The summed E-state index contributed by atoms with van der Waals surface area (Å²) in [5.74, 6) is 2.28. The van der Waals surface area contributed by atoms with Gasteiger partial charge in [-0.2, -0.15) is 0 Å². The van der Waals surface area contributed by atoms with Gasteiger partial charge in [-0.1, -0.05) is 72.8 Å². The van der Waals surface area contributed by atoms with E-state index in [1.54, 1.807) is 14.2 Å². The van der Waals surface area contributed by atoms with Gasteiger partial charge in [0.05, 0.1) is 14.2 Å². The zero-order chi connectivity index (χ0) is 25.9. The quantitative estimate of drug-likeness (QED) is 0.255. The largest absolute Gasteiger partial charge is 0.497 e. The molecule has 0 bridgehead atoms. The maximum Gasteiger partial charge on any atom is 0.195 e. The first kappa shape index (κ1) is 22.4. The van der Waals surface area contributed by atoms with Crippen LogP contribution in [0.15, 0.2) is 103 Å². The standard InChI is InChI=1S/C34H24O4/c1-36-23-15-11-21(12-16-23)34(22-13-17-24(37-2)18-14-22)20-19-29-31-30(25-7-3-5-9-27(25)32(31)35)26-8-4-6-10-28(26)33(29)38-34/h3-20H,1-2H3. The van der Waals surface area contributed by atoms with Crippen molar-refractivity contribution in [3.63, 3.8) is 0 Å². The summed E-state index contributed by atoms with van der Waals surface area (Å²) in [4.78, 5) is 13.7. The molecule has 2 aliphatic rings. The maximum absolute atomic E-state index is 13.7. The monoisotopic (exact) mass is 496 g/mol. The molecule has 0 amide bonds. The van der Waals surface area contributed by atoms with E-state index in [0.29, 0.717) is 11.3 Å². The molecule has 5 aromatic rings. The normalized spacial score (nSPS) is 14.4.